The van der Waals surface area contributed by atoms with Gasteiger partial charge in [0.2, 0.25) is 0 Å². The van der Waals surface area contributed by atoms with E-state index in [2.05, 4.69) is 0 Å². The average Bonchev–Trinajstić information content (AvgIpc) is 2.20. The van der Waals surface area contributed by atoms with Crippen LogP contribution in [-0.4, -0.2) is 23.9 Å². The van der Waals surface area contributed by atoms with Crippen LogP contribution < -0.4 is 10.5 Å². The highest BCUT2D eigenvalue weighted by atomic mass is 16.5. The van der Waals surface area contributed by atoms with Crippen molar-refractivity contribution in [1.82, 2.24) is 0 Å². The van der Waals surface area contributed by atoms with E-state index in [0.717, 1.165) is 0 Å². The van der Waals surface area contributed by atoms with Crippen LogP contribution in [0.4, 0.5) is 0 Å². The third-order valence-corrected chi connectivity index (χ3v) is 2.16. The van der Waals surface area contributed by atoms with Gasteiger partial charge in [0, 0.05) is 6.54 Å². The molecular weight excluding hydrogens is 182 g/mol. The van der Waals surface area contributed by atoms with Crippen molar-refractivity contribution in [1.29, 1.82) is 0 Å². The van der Waals surface area contributed by atoms with Crippen LogP contribution in [-0.2, 0) is 0 Å². The zero-order chi connectivity index (χ0) is 10.7. The molecule has 1 aromatic carbocycles. The fraction of sp³-hybridized carbons (Fsp3) is 0.400. The molecule has 0 heterocycles. The molecule has 1 aromatic rings. The van der Waals surface area contributed by atoms with E-state index in [1.54, 1.807) is 19.1 Å². The van der Waals surface area contributed by atoms with Gasteiger partial charge < -0.3 is 20.7 Å². The Labute approximate surface area is 82.9 Å². The molecule has 4 nitrogen and oxygen atoms in total. The smallest absolute Gasteiger partial charge is 0.128 e. The van der Waals surface area contributed by atoms with Gasteiger partial charge in [-0.25, -0.2) is 0 Å². The molecule has 0 aliphatic rings. The van der Waals surface area contributed by atoms with Gasteiger partial charge in [-0.1, -0.05) is 6.07 Å². The summed E-state index contributed by atoms with van der Waals surface area (Å²) < 4.78 is 5.03. The number of aromatic hydroxyl groups is 1. The lowest BCUT2D eigenvalue weighted by Crippen LogP contribution is -2.13. The van der Waals surface area contributed by atoms with Crippen molar-refractivity contribution in [2.24, 2.45) is 5.73 Å². The molecule has 14 heavy (non-hydrogen) atoms. The Kier molecular flexibility index (Phi) is 3.33. The zero-order valence-electron chi connectivity index (χ0n) is 8.32. The molecule has 0 radical (unpaired) electrons. The first-order chi connectivity index (χ1) is 6.61. The molecule has 0 aliphatic heterocycles. The minimum Gasteiger partial charge on any atom is -0.507 e. The van der Waals surface area contributed by atoms with Gasteiger partial charge in [0.15, 0.2) is 0 Å². The minimum atomic E-state index is -0.898. The minimum absolute atomic E-state index is 0.0438. The molecule has 0 saturated carbocycles. The Morgan fingerprint density at radius 2 is 2.14 bits per heavy atom. The second kappa shape index (κ2) is 4.30. The maximum Gasteiger partial charge on any atom is 0.128 e. The summed E-state index contributed by atoms with van der Waals surface area (Å²) in [7, 11) is 1.48. The summed E-state index contributed by atoms with van der Waals surface area (Å²) in [5.74, 6) is 0.494. The highest BCUT2D eigenvalue weighted by Crippen LogP contribution is 2.35. The van der Waals surface area contributed by atoms with Crippen LogP contribution in [0.1, 0.15) is 17.2 Å². The quantitative estimate of drug-likeness (QED) is 0.666. The zero-order valence-corrected chi connectivity index (χ0v) is 8.32. The van der Waals surface area contributed by atoms with E-state index in [4.69, 9.17) is 10.5 Å². The highest BCUT2D eigenvalue weighted by molar-refractivity contribution is 5.50. The van der Waals surface area contributed by atoms with Gasteiger partial charge in [0.25, 0.3) is 0 Å². The molecule has 1 rings (SSSR count). The van der Waals surface area contributed by atoms with Crippen molar-refractivity contribution in [2.75, 3.05) is 13.7 Å². The van der Waals surface area contributed by atoms with Gasteiger partial charge in [-0.15, -0.1) is 0 Å². The Balaban J connectivity index is 3.27. The van der Waals surface area contributed by atoms with Gasteiger partial charge in [-0.3, -0.25) is 0 Å². The molecule has 0 spiro atoms. The predicted molar refractivity (Wildman–Crippen MR) is 53.4 cm³/mol. The Bertz CT molecular complexity index is 325. The van der Waals surface area contributed by atoms with Gasteiger partial charge in [-0.05, 0) is 18.6 Å². The average molecular weight is 197 g/mol. The van der Waals surface area contributed by atoms with E-state index in [9.17, 15) is 10.2 Å². The molecule has 0 bridgehead atoms. The van der Waals surface area contributed by atoms with E-state index in [0.29, 0.717) is 16.9 Å². The second-order valence-electron chi connectivity index (χ2n) is 3.10. The summed E-state index contributed by atoms with van der Waals surface area (Å²) in [6.45, 7) is 1.80. The van der Waals surface area contributed by atoms with Crippen molar-refractivity contribution >= 4 is 0 Å². The van der Waals surface area contributed by atoms with Gasteiger partial charge in [-0.2, -0.15) is 0 Å². The van der Waals surface area contributed by atoms with Gasteiger partial charge in [0.1, 0.15) is 11.5 Å². The largest absolute Gasteiger partial charge is 0.507 e. The Morgan fingerprint density at radius 1 is 1.50 bits per heavy atom. The Morgan fingerprint density at radius 3 is 2.64 bits per heavy atom. The summed E-state index contributed by atoms with van der Waals surface area (Å²) in [5.41, 5.74) is 6.37. The molecule has 78 valence electrons. The first kappa shape index (κ1) is 10.8. The van der Waals surface area contributed by atoms with Crippen LogP contribution in [0.5, 0.6) is 11.5 Å². The normalized spacial score (nSPS) is 12.6. The summed E-state index contributed by atoms with van der Waals surface area (Å²) in [4.78, 5) is 0. The lowest BCUT2D eigenvalue weighted by atomic mass is 10.0. The van der Waals surface area contributed by atoms with Crippen molar-refractivity contribution in [3.8, 4) is 11.5 Å². The highest BCUT2D eigenvalue weighted by Gasteiger charge is 2.17. The topological polar surface area (TPSA) is 75.7 Å². The monoisotopic (exact) mass is 197 g/mol. The second-order valence-corrected chi connectivity index (χ2v) is 3.10. The Hall–Kier alpha value is -1.26. The molecule has 4 heteroatoms. The number of phenols is 1. The molecule has 0 aromatic heterocycles. The number of aryl methyl sites for hydroxylation is 1. The number of rotatable bonds is 3. The maximum atomic E-state index is 9.72. The summed E-state index contributed by atoms with van der Waals surface area (Å²) in [6, 6.07) is 3.42. The summed E-state index contributed by atoms with van der Waals surface area (Å²) in [5, 5.41) is 19.3. The fourth-order valence-electron chi connectivity index (χ4n) is 1.32. The van der Waals surface area contributed by atoms with Crippen molar-refractivity contribution in [3.05, 3.63) is 23.3 Å². The maximum absolute atomic E-state index is 9.72. The van der Waals surface area contributed by atoms with E-state index in [1.807, 2.05) is 0 Å². The first-order valence-electron chi connectivity index (χ1n) is 4.36. The number of hydrogen-bond donors (Lipinski definition) is 3. The number of nitrogens with two attached hydrogens (primary N) is 1. The lowest BCUT2D eigenvalue weighted by molar-refractivity contribution is 0.177. The van der Waals surface area contributed by atoms with Gasteiger partial charge >= 0.3 is 0 Å². The van der Waals surface area contributed by atoms with Crippen LogP contribution in [0.25, 0.3) is 0 Å². The number of benzene rings is 1. The van der Waals surface area contributed by atoms with Gasteiger partial charge in [0.05, 0.1) is 18.8 Å². The molecule has 1 atom stereocenters. The van der Waals surface area contributed by atoms with Crippen LogP contribution in [0.15, 0.2) is 12.1 Å². The summed E-state index contributed by atoms with van der Waals surface area (Å²) >= 11 is 0. The molecule has 0 saturated heterocycles. The van der Waals surface area contributed by atoms with E-state index in [-0.39, 0.29) is 12.3 Å². The third kappa shape index (κ3) is 1.81. The van der Waals surface area contributed by atoms with E-state index >= 15 is 0 Å². The van der Waals surface area contributed by atoms with Crippen molar-refractivity contribution < 1.29 is 14.9 Å². The van der Waals surface area contributed by atoms with E-state index < -0.39 is 6.10 Å². The predicted octanol–water partition coefficient (Wildman–Crippen LogP) is 0.701. The van der Waals surface area contributed by atoms with Crippen LogP contribution in [0.3, 0.4) is 0 Å². The number of aliphatic hydroxyl groups is 1. The summed E-state index contributed by atoms with van der Waals surface area (Å²) in [6.07, 6.45) is -0.898. The fourth-order valence-corrected chi connectivity index (χ4v) is 1.32. The number of ether oxygens (including phenoxy) is 1. The number of hydrogen-bond acceptors (Lipinski definition) is 4. The first-order valence-corrected chi connectivity index (χ1v) is 4.36. The van der Waals surface area contributed by atoms with Crippen LogP contribution in [0, 0.1) is 6.92 Å². The third-order valence-electron chi connectivity index (χ3n) is 2.16. The lowest BCUT2D eigenvalue weighted by Gasteiger charge is -2.15. The standard InChI is InChI=1S/C10H15NO3/c1-6-3-4-8(14-2)9(10(6)13)7(12)5-11/h3-4,7,12-13H,5,11H2,1-2H3. The number of aliphatic hydroxyl groups excluding tert-OH is 1. The molecule has 0 fully saturated rings. The van der Waals surface area contributed by atoms with Crippen molar-refractivity contribution in [2.45, 2.75) is 13.0 Å². The molecular formula is C10H15NO3. The van der Waals surface area contributed by atoms with E-state index in [1.165, 1.54) is 7.11 Å². The number of phenolic OH excluding ortho intramolecular Hbond substituents is 1. The molecule has 4 N–H and O–H groups in total. The van der Waals surface area contributed by atoms with Crippen LogP contribution >= 0.6 is 0 Å². The van der Waals surface area contributed by atoms with Crippen molar-refractivity contribution in [3.63, 3.8) is 0 Å². The van der Waals surface area contributed by atoms with Crippen LogP contribution in [0.2, 0.25) is 0 Å². The molecule has 1 unspecified atom stereocenters. The number of methoxy groups -OCH3 is 1. The molecule has 0 aliphatic carbocycles. The SMILES string of the molecule is COc1ccc(C)c(O)c1C(O)CN. The molecule has 0 amide bonds.